The number of carbonyl (C=O) groups is 1. The molecule has 1 aliphatic carbocycles. The van der Waals surface area contributed by atoms with Crippen molar-refractivity contribution in [1.29, 1.82) is 0 Å². The maximum atomic E-state index is 13.6. The van der Waals surface area contributed by atoms with Gasteiger partial charge in [-0.05, 0) is 62.1 Å². The van der Waals surface area contributed by atoms with E-state index < -0.39 is 21.5 Å². The first kappa shape index (κ1) is 20.4. The Bertz CT molecular complexity index is 1250. The monoisotopic (exact) mass is 429 g/mol. The van der Waals surface area contributed by atoms with E-state index in [-0.39, 0.29) is 10.5 Å². The van der Waals surface area contributed by atoms with Gasteiger partial charge in [0.15, 0.2) is 0 Å². The fourth-order valence-corrected chi connectivity index (χ4v) is 5.99. The Labute approximate surface area is 174 Å². The van der Waals surface area contributed by atoms with Gasteiger partial charge >= 0.3 is 5.97 Å². The number of aryl methyl sites for hydroxylation is 2. The molecular formula is C21H23N3O5S. The van der Waals surface area contributed by atoms with E-state index in [1.807, 2.05) is 0 Å². The second-order valence-electron chi connectivity index (χ2n) is 7.68. The number of carboxylic acids is 1. The van der Waals surface area contributed by atoms with Gasteiger partial charge in [0, 0.05) is 7.05 Å². The number of H-pyrrole nitrogens is 1. The molecule has 1 fully saturated rings. The number of rotatable bonds is 6. The smallest absolute Gasteiger partial charge is 0.337 e. The summed E-state index contributed by atoms with van der Waals surface area (Å²) >= 11 is 0. The molecule has 0 bridgehead atoms. The number of carboxylic acid groups (broad SMARTS) is 1. The highest BCUT2D eigenvalue weighted by Gasteiger charge is 2.55. The summed E-state index contributed by atoms with van der Waals surface area (Å²) in [5, 5.41) is 9.44. The molecule has 8 nitrogen and oxygen atoms in total. The Balaban J connectivity index is 1.80. The summed E-state index contributed by atoms with van der Waals surface area (Å²) in [6.07, 6.45) is 1.19. The molecule has 0 saturated heterocycles. The van der Waals surface area contributed by atoms with E-state index >= 15 is 0 Å². The Morgan fingerprint density at radius 3 is 2.40 bits per heavy atom. The fourth-order valence-electron chi connectivity index (χ4n) is 4.05. The molecule has 1 saturated carbocycles. The van der Waals surface area contributed by atoms with Gasteiger partial charge in [0.05, 0.1) is 34.1 Å². The van der Waals surface area contributed by atoms with E-state index in [1.165, 1.54) is 10.4 Å². The van der Waals surface area contributed by atoms with Crippen molar-refractivity contribution in [2.24, 2.45) is 0 Å². The molecule has 30 heavy (non-hydrogen) atoms. The average molecular weight is 429 g/mol. The van der Waals surface area contributed by atoms with Gasteiger partial charge in [0.2, 0.25) is 10.0 Å². The predicted octanol–water partition coefficient (Wildman–Crippen LogP) is 3.20. The van der Waals surface area contributed by atoms with E-state index in [2.05, 4.69) is 9.97 Å². The van der Waals surface area contributed by atoms with Crippen LogP contribution in [0.1, 0.15) is 40.2 Å². The summed E-state index contributed by atoms with van der Waals surface area (Å²) in [5.41, 5.74) is 1.38. The van der Waals surface area contributed by atoms with Crippen LogP contribution in [0.15, 0.2) is 35.2 Å². The number of fused-ring (bicyclic) bond motifs is 1. The topological polar surface area (TPSA) is 113 Å². The van der Waals surface area contributed by atoms with Gasteiger partial charge in [0.1, 0.15) is 11.6 Å². The largest absolute Gasteiger partial charge is 0.497 e. The van der Waals surface area contributed by atoms with Crippen molar-refractivity contribution in [3.05, 3.63) is 52.8 Å². The van der Waals surface area contributed by atoms with Crippen molar-refractivity contribution in [1.82, 2.24) is 14.3 Å². The van der Waals surface area contributed by atoms with Gasteiger partial charge in [-0.15, -0.1) is 0 Å². The molecular weight excluding hydrogens is 406 g/mol. The van der Waals surface area contributed by atoms with Crippen molar-refractivity contribution in [3.8, 4) is 5.75 Å². The lowest BCUT2D eigenvalue weighted by Gasteiger charge is -2.27. The van der Waals surface area contributed by atoms with Crippen LogP contribution >= 0.6 is 0 Å². The lowest BCUT2D eigenvalue weighted by Crippen LogP contribution is -2.38. The van der Waals surface area contributed by atoms with Gasteiger partial charge in [-0.1, -0.05) is 6.07 Å². The van der Waals surface area contributed by atoms with Crippen LogP contribution in [-0.2, 0) is 15.6 Å². The van der Waals surface area contributed by atoms with Gasteiger partial charge < -0.3 is 14.8 Å². The van der Waals surface area contributed by atoms with Crippen LogP contribution in [0.4, 0.5) is 0 Å². The molecule has 0 aliphatic heterocycles. The zero-order valence-corrected chi connectivity index (χ0v) is 18.0. The lowest BCUT2D eigenvalue weighted by molar-refractivity contribution is 0.0698. The number of sulfonamides is 1. The van der Waals surface area contributed by atoms with Crippen molar-refractivity contribution < 1.29 is 23.1 Å². The number of methoxy groups -OCH3 is 1. The average Bonchev–Trinajstić information content (AvgIpc) is 3.37. The number of aromatic nitrogens is 2. The molecule has 1 aromatic heterocycles. The van der Waals surface area contributed by atoms with Crippen LogP contribution < -0.4 is 4.74 Å². The zero-order valence-electron chi connectivity index (χ0n) is 17.2. The zero-order chi connectivity index (χ0) is 21.8. The van der Waals surface area contributed by atoms with Crippen LogP contribution in [0.3, 0.4) is 0 Å². The van der Waals surface area contributed by atoms with E-state index in [0.29, 0.717) is 46.6 Å². The van der Waals surface area contributed by atoms with Crippen LogP contribution in [0.25, 0.3) is 11.0 Å². The molecule has 1 aliphatic rings. The van der Waals surface area contributed by atoms with E-state index in [1.54, 1.807) is 52.3 Å². The Morgan fingerprint density at radius 2 is 1.87 bits per heavy atom. The summed E-state index contributed by atoms with van der Waals surface area (Å²) in [5.74, 6) is -0.00146. The summed E-state index contributed by atoms with van der Waals surface area (Å²) in [4.78, 5) is 19.4. The second-order valence-corrected chi connectivity index (χ2v) is 9.59. The van der Waals surface area contributed by atoms with Gasteiger partial charge in [-0.25, -0.2) is 18.2 Å². The third-order valence-electron chi connectivity index (χ3n) is 5.80. The first-order valence-electron chi connectivity index (χ1n) is 9.48. The normalized spacial score (nSPS) is 15.5. The quantitative estimate of drug-likeness (QED) is 0.622. The highest BCUT2D eigenvalue weighted by atomic mass is 32.2. The van der Waals surface area contributed by atoms with Crippen molar-refractivity contribution in [3.63, 3.8) is 0 Å². The summed E-state index contributed by atoms with van der Waals surface area (Å²) in [7, 11) is -0.736. The van der Waals surface area contributed by atoms with Gasteiger partial charge in [0.25, 0.3) is 0 Å². The number of hydrogen-bond donors (Lipinski definition) is 2. The number of nitrogens with one attached hydrogen (secondary N) is 1. The number of hydrogen-bond acceptors (Lipinski definition) is 5. The third-order valence-corrected chi connectivity index (χ3v) is 8.03. The molecule has 4 rings (SSSR count). The first-order chi connectivity index (χ1) is 14.1. The summed E-state index contributed by atoms with van der Waals surface area (Å²) in [6.45, 7) is 3.49. The minimum Gasteiger partial charge on any atom is -0.497 e. The standard InChI is InChI=1S/C21H23N3O5S/c1-12-10-14(29-4)11-13(2)18(12)30(27,28)24(3)21(8-9-21)20-22-16-7-5-6-15(19(25)26)17(16)23-20/h5-7,10-11H,8-9H2,1-4H3,(H,22,23)(H,25,26). The molecule has 3 aromatic rings. The van der Waals surface area contributed by atoms with Crippen molar-refractivity contribution >= 4 is 27.0 Å². The number of benzene rings is 2. The minimum atomic E-state index is -3.83. The fraction of sp³-hybridized carbons (Fsp3) is 0.333. The maximum absolute atomic E-state index is 13.6. The Morgan fingerprint density at radius 1 is 1.23 bits per heavy atom. The molecule has 0 amide bonds. The molecule has 0 unspecified atom stereocenters. The lowest BCUT2D eigenvalue weighted by atomic mass is 10.1. The summed E-state index contributed by atoms with van der Waals surface area (Å²) < 4.78 is 33.8. The number of ether oxygens (including phenoxy) is 1. The molecule has 9 heteroatoms. The van der Waals surface area contributed by atoms with Crippen LogP contribution in [0.2, 0.25) is 0 Å². The first-order valence-corrected chi connectivity index (χ1v) is 10.9. The van der Waals surface area contributed by atoms with E-state index in [0.717, 1.165) is 0 Å². The highest BCUT2D eigenvalue weighted by molar-refractivity contribution is 7.89. The minimum absolute atomic E-state index is 0.106. The van der Waals surface area contributed by atoms with Crippen LogP contribution in [0.5, 0.6) is 5.75 Å². The number of imidazole rings is 1. The second kappa shape index (κ2) is 6.82. The third kappa shape index (κ3) is 2.96. The van der Waals surface area contributed by atoms with Crippen LogP contribution in [-0.4, -0.2) is 47.9 Å². The van der Waals surface area contributed by atoms with Crippen molar-refractivity contribution in [2.75, 3.05) is 14.2 Å². The molecule has 0 spiro atoms. The highest BCUT2D eigenvalue weighted by Crippen LogP contribution is 2.52. The molecule has 0 radical (unpaired) electrons. The molecule has 0 atom stereocenters. The number of aromatic amines is 1. The Hall–Kier alpha value is -2.91. The number of aromatic carboxylic acids is 1. The van der Waals surface area contributed by atoms with E-state index in [9.17, 15) is 18.3 Å². The van der Waals surface area contributed by atoms with Crippen LogP contribution in [0, 0.1) is 13.8 Å². The van der Waals surface area contributed by atoms with Gasteiger partial charge in [-0.3, -0.25) is 0 Å². The van der Waals surface area contributed by atoms with Gasteiger partial charge in [-0.2, -0.15) is 4.31 Å². The molecule has 2 aromatic carbocycles. The predicted molar refractivity (Wildman–Crippen MR) is 111 cm³/mol. The molecule has 2 N–H and O–H groups in total. The molecule has 158 valence electrons. The Kier molecular flexibility index (Phi) is 4.63. The number of nitrogens with zero attached hydrogens (tertiary/aromatic N) is 2. The SMILES string of the molecule is COc1cc(C)c(S(=O)(=O)N(C)C2(c3nc4cccc(C(=O)O)c4[nH]3)CC2)c(C)c1. The van der Waals surface area contributed by atoms with E-state index in [4.69, 9.17) is 4.74 Å². The number of para-hydroxylation sites is 1. The summed E-state index contributed by atoms with van der Waals surface area (Å²) in [6, 6.07) is 8.24. The molecule has 1 heterocycles. The van der Waals surface area contributed by atoms with Crippen molar-refractivity contribution in [2.45, 2.75) is 37.1 Å². The maximum Gasteiger partial charge on any atom is 0.337 e.